The minimum atomic E-state index is 0.378. The number of anilines is 1. The molecule has 0 bridgehead atoms. The summed E-state index contributed by atoms with van der Waals surface area (Å²) in [4.78, 5) is 14.3. The maximum absolute atomic E-state index is 6.10. The Bertz CT molecular complexity index is 1160. The maximum atomic E-state index is 6.10. The van der Waals surface area contributed by atoms with Crippen molar-refractivity contribution in [2.45, 2.75) is 42.9 Å². The van der Waals surface area contributed by atoms with Gasteiger partial charge in [0.1, 0.15) is 17.8 Å². The third kappa shape index (κ3) is 4.67. The first kappa shape index (κ1) is 21.2. The van der Waals surface area contributed by atoms with Crippen LogP contribution >= 0.6 is 11.8 Å². The first-order valence-electron chi connectivity index (χ1n) is 10.2. The number of rotatable bonds is 9. The van der Waals surface area contributed by atoms with E-state index in [1.807, 2.05) is 30.3 Å². The summed E-state index contributed by atoms with van der Waals surface area (Å²) in [6.45, 7) is 5.94. The predicted molar refractivity (Wildman–Crippen MR) is 122 cm³/mol. The number of ether oxygens (including phenoxy) is 1. The SMILES string of the molecule is COc1ccc(-c2ccco2)c(Sc2nc3c(N)ncnc3n2CCCNC(C)C)c1. The van der Waals surface area contributed by atoms with E-state index in [1.54, 1.807) is 13.4 Å². The quantitative estimate of drug-likeness (QED) is 0.374. The molecule has 9 heteroatoms. The number of nitrogens with one attached hydrogen (secondary N) is 1. The molecule has 0 saturated heterocycles. The number of aromatic nitrogens is 4. The molecular formula is C22H26N6O2S. The average Bonchev–Trinajstić information content (AvgIpc) is 3.40. The van der Waals surface area contributed by atoms with Crippen molar-refractivity contribution in [3.05, 3.63) is 42.9 Å². The summed E-state index contributed by atoms with van der Waals surface area (Å²) >= 11 is 1.54. The zero-order valence-electron chi connectivity index (χ0n) is 17.8. The van der Waals surface area contributed by atoms with Crippen molar-refractivity contribution in [2.24, 2.45) is 0 Å². The Morgan fingerprint density at radius 3 is 2.87 bits per heavy atom. The van der Waals surface area contributed by atoms with Crippen LogP contribution in [0.15, 0.2) is 57.4 Å². The summed E-state index contributed by atoms with van der Waals surface area (Å²) < 4.78 is 13.2. The number of nitrogen functional groups attached to an aromatic ring is 1. The monoisotopic (exact) mass is 438 g/mol. The summed E-state index contributed by atoms with van der Waals surface area (Å²) in [6.07, 6.45) is 4.09. The number of fused-ring (bicyclic) bond motifs is 1. The molecule has 4 rings (SSSR count). The topological polar surface area (TPSA) is 104 Å². The van der Waals surface area contributed by atoms with Gasteiger partial charge in [-0.2, -0.15) is 0 Å². The number of furan rings is 1. The Hall–Kier alpha value is -3.04. The van der Waals surface area contributed by atoms with E-state index >= 15 is 0 Å². The molecule has 0 atom stereocenters. The zero-order chi connectivity index (χ0) is 21.8. The van der Waals surface area contributed by atoms with E-state index < -0.39 is 0 Å². The molecule has 0 aliphatic rings. The number of hydrogen-bond donors (Lipinski definition) is 2. The zero-order valence-corrected chi connectivity index (χ0v) is 18.6. The molecule has 31 heavy (non-hydrogen) atoms. The number of methoxy groups -OCH3 is 1. The smallest absolute Gasteiger partial charge is 0.175 e. The van der Waals surface area contributed by atoms with Crippen LogP contribution in [0.1, 0.15) is 20.3 Å². The summed E-state index contributed by atoms with van der Waals surface area (Å²) in [5.41, 5.74) is 8.42. The van der Waals surface area contributed by atoms with Gasteiger partial charge in [-0.3, -0.25) is 0 Å². The number of nitrogens with two attached hydrogens (primary N) is 1. The van der Waals surface area contributed by atoms with Gasteiger partial charge in [-0.25, -0.2) is 15.0 Å². The third-order valence-corrected chi connectivity index (χ3v) is 5.86. The lowest BCUT2D eigenvalue weighted by Crippen LogP contribution is -2.24. The van der Waals surface area contributed by atoms with Gasteiger partial charge in [0.05, 0.1) is 13.4 Å². The third-order valence-electron chi connectivity index (χ3n) is 4.81. The predicted octanol–water partition coefficient (Wildman–Crippen LogP) is 4.22. The van der Waals surface area contributed by atoms with Gasteiger partial charge < -0.3 is 24.8 Å². The number of nitrogens with zero attached hydrogens (tertiary/aromatic N) is 4. The highest BCUT2D eigenvalue weighted by Gasteiger charge is 2.18. The van der Waals surface area contributed by atoms with Gasteiger partial charge in [0.15, 0.2) is 22.1 Å². The Morgan fingerprint density at radius 2 is 2.13 bits per heavy atom. The Balaban J connectivity index is 1.73. The molecule has 0 aliphatic heterocycles. The Labute approximate surface area is 185 Å². The molecular weight excluding hydrogens is 412 g/mol. The minimum absolute atomic E-state index is 0.378. The second kappa shape index (κ2) is 9.40. The molecule has 0 saturated carbocycles. The molecule has 0 amide bonds. The van der Waals surface area contributed by atoms with Crippen molar-refractivity contribution < 1.29 is 9.15 Å². The molecule has 162 valence electrons. The Morgan fingerprint density at radius 1 is 1.26 bits per heavy atom. The van der Waals surface area contributed by atoms with E-state index in [9.17, 15) is 0 Å². The minimum Gasteiger partial charge on any atom is -0.497 e. The normalized spacial score (nSPS) is 11.5. The summed E-state index contributed by atoms with van der Waals surface area (Å²) in [5.74, 6) is 1.93. The van der Waals surface area contributed by atoms with Crippen molar-refractivity contribution in [1.29, 1.82) is 0 Å². The molecule has 0 unspecified atom stereocenters. The lowest BCUT2D eigenvalue weighted by atomic mass is 10.1. The van der Waals surface area contributed by atoms with Gasteiger partial charge in [-0.1, -0.05) is 25.6 Å². The molecule has 0 fully saturated rings. The first-order chi connectivity index (χ1) is 15.1. The van der Waals surface area contributed by atoms with Crippen molar-refractivity contribution in [3.63, 3.8) is 0 Å². The van der Waals surface area contributed by atoms with E-state index in [2.05, 4.69) is 33.7 Å². The highest BCUT2D eigenvalue weighted by Crippen LogP contribution is 2.39. The Kier molecular flexibility index (Phi) is 6.43. The highest BCUT2D eigenvalue weighted by atomic mass is 32.2. The fourth-order valence-corrected chi connectivity index (χ4v) is 4.36. The van der Waals surface area contributed by atoms with Gasteiger partial charge in [-0.15, -0.1) is 0 Å². The number of hydrogen-bond acceptors (Lipinski definition) is 8. The number of benzene rings is 1. The van der Waals surface area contributed by atoms with Crippen molar-refractivity contribution in [3.8, 4) is 17.1 Å². The van der Waals surface area contributed by atoms with Crippen molar-refractivity contribution in [2.75, 3.05) is 19.4 Å². The molecule has 0 spiro atoms. The standard InChI is InChI=1S/C22H26N6O2S/c1-14(2)24-9-5-10-28-21-19(20(23)25-13-26-21)27-22(28)31-18-12-15(29-3)7-8-16(18)17-6-4-11-30-17/h4,6-8,11-14,24H,5,9-10H2,1-3H3,(H2,23,25,26). The first-order valence-corrected chi connectivity index (χ1v) is 11.0. The fourth-order valence-electron chi connectivity index (χ4n) is 3.29. The molecule has 0 radical (unpaired) electrons. The summed E-state index contributed by atoms with van der Waals surface area (Å²) in [7, 11) is 1.66. The lowest BCUT2D eigenvalue weighted by Gasteiger charge is -2.12. The van der Waals surface area contributed by atoms with Crippen LogP contribution in [0.2, 0.25) is 0 Å². The van der Waals surface area contributed by atoms with E-state index in [-0.39, 0.29) is 0 Å². The van der Waals surface area contributed by atoms with E-state index in [1.165, 1.54) is 18.1 Å². The molecule has 1 aromatic carbocycles. The van der Waals surface area contributed by atoms with Crippen LogP contribution in [0, 0.1) is 0 Å². The maximum Gasteiger partial charge on any atom is 0.175 e. The molecule has 4 aromatic rings. The van der Waals surface area contributed by atoms with Gasteiger partial charge in [-0.05, 0) is 43.3 Å². The van der Waals surface area contributed by atoms with E-state index in [0.29, 0.717) is 17.4 Å². The second-order valence-corrected chi connectivity index (χ2v) is 8.39. The van der Waals surface area contributed by atoms with Crippen molar-refractivity contribution in [1.82, 2.24) is 24.8 Å². The van der Waals surface area contributed by atoms with E-state index in [0.717, 1.165) is 52.3 Å². The van der Waals surface area contributed by atoms with E-state index in [4.69, 9.17) is 19.9 Å². The van der Waals surface area contributed by atoms with Crippen LogP contribution in [-0.4, -0.2) is 39.2 Å². The lowest BCUT2D eigenvalue weighted by molar-refractivity contribution is 0.413. The average molecular weight is 439 g/mol. The van der Waals surface area contributed by atoms with Crippen LogP contribution in [-0.2, 0) is 6.54 Å². The van der Waals surface area contributed by atoms with Crippen LogP contribution in [0.5, 0.6) is 5.75 Å². The van der Waals surface area contributed by atoms with Crippen LogP contribution < -0.4 is 15.8 Å². The van der Waals surface area contributed by atoms with Crippen molar-refractivity contribution >= 4 is 28.7 Å². The molecule has 0 aliphatic carbocycles. The van der Waals surface area contributed by atoms with Crippen LogP contribution in [0.3, 0.4) is 0 Å². The van der Waals surface area contributed by atoms with Gasteiger partial charge in [0, 0.05) is 23.0 Å². The van der Waals surface area contributed by atoms with Gasteiger partial charge >= 0.3 is 0 Å². The van der Waals surface area contributed by atoms with Gasteiger partial charge in [0.2, 0.25) is 0 Å². The fraction of sp³-hybridized carbons (Fsp3) is 0.318. The molecule has 3 aromatic heterocycles. The molecule has 3 N–H and O–H groups in total. The van der Waals surface area contributed by atoms with Crippen LogP contribution in [0.25, 0.3) is 22.5 Å². The highest BCUT2D eigenvalue weighted by molar-refractivity contribution is 7.99. The van der Waals surface area contributed by atoms with Gasteiger partial charge in [0.25, 0.3) is 0 Å². The molecule has 8 nitrogen and oxygen atoms in total. The summed E-state index contributed by atoms with van der Waals surface area (Å²) in [6, 6.07) is 10.2. The number of imidazole rings is 1. The second-order valence-electron chi connectivity index (χ2n) is 7.38. The summed E-state index contributed by atoms with van der Waals surface area (Å²) in [5, 5.41) is 4.25. The molecule has 3 heterocycles. The largest absolute Gasteiger partial charge is 0.497 e. The number of aryl methyl sites for hydroxylation is 1. The van der Waals surface area contributed by atoms with Crippen LogP contribution in [0.4, 0.5) is 5.82 Å².